The van der Waals surface area contributed by atoms with Crippen LogP contribution in [-0.2, 0) is 16.4 Å². The van der Waals surface area contributed by atoms with E-state index in [1.807, 2.05) is 24.3 Å². The Bertz CT molecular complexity index is 2060. The Morgan fingerprint density at radius 3 is 2.52 bits per heavy atom. The Balaban J connectivity index is 1.38. The number of aromatic nitrogens is 4. The summed E-state index contributed by atoms with van der Waals surface area (Å²) in [7, 11) is -1.89. The van der Waals surface area contributed by atoms with Crippen LogP contribution < -0.4 is 15.6 Å². The zero-order valence-electron chi connectivity index (χ0n) is 25.8. The third kappa shape index (κ3) is 6.40. The average Bonchev–Trinajstić information content (AvgIpc) is 3.47. The van der Waals surface area contributed by atoms with Gasteiger partial charge in [0.15, 0.2) is 5.78 Å². The van der Waals surface area contributed by atoms with Crippen LogP contribution in [-0.4, -0.2) is 64.9 Å². The van der Waals surface area contributed by atoms with Gasteiger partial charge in [0.2, 0.25) is 15.8 Å². The Hall–Kier alpha value is -4.94. The van der Waals surface area contributed by atoms with Gasteiger partial charge in [0.05, 0.1) is 21.9 Å². The molecule has 1 atom stereocenters. The summed E-state index contributed by atoms with van der Waals surface area (Å²) < 4.78 is 34.7. The molecule has 0 amide bonds. The monoisotopic (exact) mass is 638 g/mol. The summed E-state index contributed by atoms with van der Waals surface area (Å²) in [6, 6.07) is 18.5. The van der Waals surface area contributed by atoms with Crippen molar-refractivity contribution in [1.82, 2.24) is 24.4 Å². The number of likely N-dealkylation sites (N-methyl/N-ethyl adjacent to an activating group) is 1. The smallest absolute Gasteiger partial charge is 0.263 e. The highest BCUT2D eigenvalue weighted by molar-refractivity contribution is 7.91. The fraction of sp³-hybridized carbons (Fsp3) is 0.265. The second kappa shape index (κ2) is 12.8. The maximum absolute atomic E-state index is 13.9. The zero-order chi connectivity index (χ0) is 32.4. The molecule has 46 heavy (non-hydrogen) atoms. The maximum atomic E-state index is 13.9. The molecule has 1 aliphatic rings. The van der Waals surface area contributed by atoms with E-state index in [1.54, 1.807) is 44.3 Å². The van der Waals surface area contributed by atoms with Gasteiger partial charge in [0, 0.05) is 48.7 Å². The lowest BCUT2D eigenvalue weighted by atomic mass is 10.0. The van der Waals surface area contributed by atoms with E-state index in [-0.39, 0.29) is 45.4 Å². The second-order valence-corrected chi connectivity index (χ2v) is 13.6. The number of fused-ring (bicyclic) bond motifs is 1. The van der Waals surface area contributed by atoms with Crippen molar-refractivity contribution in [2.45, 2.75) is 42.7 Å². The molecular weight excluding hydrogens is 604 g/mol. The summed E-state index contributed by atoms with van der Waals surface area (Å²) in [6.45, 7) is 5.16. The molecule has 0 spiro atoms. The van der Waals surface area contributed by atoms with Gasteiger partial charge in [-0.25, -0.2) is 13.4 Å². The number of nitrogens with zero attached hydrogens (tertiary/aromatic N) is 5. The van der Waals surface area contributed by atoms with E-state index < -0.39 is 21.3 Å². The van der Waals surface area contributed by atoms with Crippen molar-refractivity contribution in [1.29, 1.82) is 0 Å². The molecule has 236 valence electrons. The number of ether oxygens (including phenoxy) is 1. The van der Waals surface area contributed by atoms with Crippen molar-refractivity contribution in [3.8, 4) is 5.75 Å². The van der Waals surface area contributed by atoms with Crippen LogP contribution in [0.5, 0.6) is 5.75 Å². The number of nitrogens with one attached hydrogen (secondary N) is 1. The quantitative estimate of drug-likeness (QED) is 0.214. The molecule has 3 aromatic heterocycles. The minimum Gasteiger partial charge on any atom is -0.489 e. The first kappa shape index (κ1) is 31.1. The van der Waals surface area contributed by atoms with Gasteiger partial charge in [-0.05, 0) is 67.6 Å². The number of carbonyl (C=O) groups is 1. The Morgan fingerprint density at radius 1 is 1.07 bits per heavy atom. The first-order valence-electron chi connectivity index (χ1n) is 15.0. The standard InChI is InChI=1S/C34H34N6O5S/c1-22(2)31(41)29-17-24-18-36-34(37-25-9-11-26(12-10-25)45-27-14-16-39(3)21-27)38-32(24)40(33(29)42)20-23-13-15-35-19-30(23)46(43,44)28-7-5-4-6-8-28/h4-13,15,17-19,22,27H,14,16,20-21H2,1-3H3,(H,36,37,38). The van der Waals surface area contributed by atoms with Crippen molar-refractivity contribution in [2.24, 2.45) is 5.92 Å². The number of hydrogen-bond acceptors (Lipinski definition) is 10. The van der Waals surface area contributed by atoms with Gasteiger partial charge in [-0.1, -0.05) is 32.0 Å². The molecule has 4 heterocycles. The lowest BCUT2D eigenvalue weighted by Crippen LogP contribution is -2.30. The zero-order valence-corrected chi connectivity index (χ0v) is 26.6. The molecule has 0 aliphatic carbocycles. The minimum atomic E-state index is -3.96. The van der Waals surface area contributed by atoms with Crippen molar-refractivity contribution in [2.75, 3.05) is 25.5 Å². The largest absolute Gasteiger partial charge is 0.489 e. The van der Waals surface area contributed by atoms with E-state index in [0.717, 1.165) is 25.3 Å². The van der Waals surface area contributed by atoms with E-state index in [2.05, 4.69) is 32.2 Å². The van der Waals surface area contributed by atoms with Gasteiger partial charge in [0.25, 0.3) is 5.56 Å². The number of pyridine rings is 2. The summed E-state index contributed by atoms with van der Waals surface area (Å²) in [5.74, 6) is 0.222. The van der Waals surface area contributed by atoms with E-state index in [0.29, 0.717) is 16.6 Å². The van der Waals surface area contributed by atoms with Gasteiger partial charge in [-0.15, -0.1) is 0 Å². The second-order valence-electron chi connectivity index (χ2n) is 11.7. The topological polar surface area (TPSA) is 136 Å². The minimum absolute atomic E-state index is 0.0163. The van der Waals surface area contributed by atoms with Crippen LogP contribution in [0, 0.1) is 5.92 Å². The third-order valence-corrected chi connectivity index (χ3v) is 9.76. The number of rotatable bonds is 10. The molecule has 1 aliphatic heterocycles. The number of sulfone groups is 1. The summed E-state index contributed by atoms with van der Waals surface area (Å²) in [5.41, 5.74) is 0.690. The first-order chi connectivity index (χ1) is 22.1. The Morgan fingerprint density at radius 2 is 1.83 bits per heavy atom. The van der Waals surface area contributed by atoms with Crippen LogP contribution in [0.3, 0.4) is 0 Å². The van der Waals surface area contributed by atoms with E-state index >= 15 is 0 Å². The molecule has 1 fully saturated rings. The third-order valence-electron chi connectivity index (χ3n) is 7.92. The molecule has 5 aromatic rings. The predicted molar refractivity (Wildman–Crippen MR) is 174 cm³/mol. The fourth-order valence-electron chi connectivity index (χ4n) is 5.46. The molecule has 11 nitrogen and oxygen atoms in total. The highest BCUT2D eigenvalue weighted by atomic mass is 32.2. The van der Waals surface area contributed by atoms with E-state index in [4.69, 9.17) is 4.74 Å². The molecule has 0 radical (unpaired) electrons. The number of carbonyl (C=O) groups excluding carboxylic acids is 1. The molecule has 6 rings (SSSR count). The number of Topliss-reactive ketones (excluding diaryl/α,β-unsaturated/α-hetero) is 1. The predicted octanol–water partition coefficient (Wildman–Crippen LogP) is 4.73. The molecule has 1 N–H and O–H groups in total. The number of likely N-dealkylation sites (tertiary alicyclic amines) is 1. The van der Waals surface area contributed by atoms with Crippen LogP contribution >= 0.6 is 0 Å². The lowest BCUT2D eigenvalue weighted by molar-refractivity contribution is 0.0937. The molecule has 1 saturated heterocycles. The van der Waals surface area contributed by atoms with Crippen LogP contribution in [0.1, 0.15) is 36.2 Å². The SMILES string of the molecule is CC(C)C(=O)c1cc2cnc(Nc3ccc(OC4CCN(C)C4)cc3)nc2n(Cc2ccncc2S(=O)(=O)c2ccccc2)c1=O. The normalized spacial score (nSPS) is 15.3. The highest BCUT2D eigenvalue weighted by Gasteiger charge is 2.25. The van der Waals surface area contributed by atoms with Gasteiger partial charge in [0.1, 0.15) is 17.5 Å². The van der Waals surface area contributed by atoms with Gasteiger partial charge >= 0.3 is 0 Å². The summed E-state index contributed by atoms with van der Waals surface area (Å²) in [5, 5.41) is 3.63. The highest BCUT2D eigenvalue weighted by Crippen LogP contribution is 2.26. The van der Waals surface area contributed by atoms with Gasteiger partial charge in [-0.2, -0.15) is 4.98 Å². The van der Waals surface area contributed by atoms with Gasteiger partial charge < -0.3 is 15.0 Å². The van der Waals surface area contributed by atoms with Crippen molar-refractivity contribution in [3.63, 3.8) is 0 Å². The number of hydrogen-bond donors (Lipinski definition) is 1. The van der Waals surface area contributed by atoms with Crippen LogP contribution in [0.15, 0.2) is 99.9 Å². The number of ketones is 1. The molecule has 2 aromatic carbocycles. The van der Waals surface area contributed by atoms with Crippen LogP contribution in [0.25, 0.3) is 11.0 Å². The Labute approximate surface area is 266 Å². The fourth-order valence-corrected chi connectivity index (χ4v) is 6.91. The van der Waals surface area contributed by atoms with Crippen molar-refractivity contribution >= 4 is 38.3 Å². The van der Waals surface area contributed by atoms with E-state index in [1.165, 1.54) is 35.2 Å². The maximum Gasteiger partial charge on any atom is 0.263 e. The molecule has 12 heteroatoms. The molecular formula is C34H34N6O5S. The number of anilines is 2. The summed E-state index contributed by atoms with van der Waals surface area (Å²) >= 11 is 0. The molecule has 0 bridgehead atoms. The van der Waals surface area contributed by atoms with Crippen LogP contribution in [0.2, 0.25) is 0 Å². The van der Waals surface area contributed by atoms with Crippen molar-refractivity contribution < 1.29 is 17.9 Å². The Kier molecular flexibility index (Phi) is 8.65. The van der Waals surface area contributed by atoms with Crippen LogP contribution in [0.4, 0.5) is 11.6 Å². The summed E-state index contributed by atoms with van der Waals surface area (Å²) in [4.78, 5) is 42.5. The summed E-state index contributed by atoms with van der Waals surface area (Å²) in [6.07, 6.45) is 5.41. The molecule has 0 saturated carbocycles. The van der Waals surface area contributed by atoms with Gasteiger partial charge in [-0.3, -0.25) is 19.1 Å². The number of benzene rings is 2. The first-order valence-corrected chi connectivity index (χ1v) is 16.5. The lowest BCUT2D eigenvalue weighted by Gasteiger charge is -2.16. The van der Waals surface area contributed by atoms with E-state index in [9.17, 15) is 18.0 Å². The molecule has 1 unspecified atom stereocenters. The van der Waals surface area contributed by atoms with Crippen molar-refractivity contribution in [3.05, 3.63) is 107 Å². The average molecular weight is 639 g/mol.